The van der Waals surface area contributed by atoms with Crippen molar-refractivity contribution in [2.75, 3.05) is 25.4 Å². The minimum Gasteiger partial charge on any atom is -0.350 e. The molecule has 0 unspecified atom stereocenters. The number of nitrogens with two attached hydrogens (primary N) is 1. The van der Waals surface area contributed by atoms with Crippen LogP contribution >= 0.6 is 11.3 Å². The standard InChI is InChI=1S/C13H19N3O3S2/c1-3-16-21(18,19)8-7-15-13(17)12-9-10(2)11(20-12)5-4-6-14/h9,16H,3,6-8,14H2,1-2H3,(H,15,17). The zero-order chi connectivity index (χ0) is 15.9. The zero-order valence-electron chi connectivity index (χ0n) is 12.0. The molecule has 1 rings (SSSR count). The summed E-state index contributed by atoms with van der Waals surface area (Å²) in [5.74, 6) is 5.21. The average Bonchev–Trinajstić information content (AvgIpc) is 2.77. The Morgan fingerprint density at radius 1 is 1.48 bits per heavy atom. The molecular formula is C13H19N3O3S2. The summed E-state index contributed by atoms with van der Waals surface area (Å²) in [6.07, 6.45) is 0. The lowest BCUT2D eigenvalue weighted by Crippen LogP contribution is -2.34. The fourth-order valence-corrected chi connectivity index (χ4v) is 3.45. The molecule has 8 heteroatoms. The van der Waals surface area contributed by atoms with Crippen LogP contribution in [0.15, 0.2) is 6.07 Å². The molecule has 1 aromatic rings. The molecule has 6 nitrogen and oxygen atoms in total. The number of hydrogen-bond donors (Lipinski definition) is 3. The van der Waals surface area contributed by atoms with Crippen LogP contribution < -0.4 is 15.8 Å². The maximum atomic E-state index is 11.9. The van der Waals surface area contributed by atoms with E-state index in [2.05, 4.69) is 21.9 Å². The first kappa shape index (κ1) is 17.7. The molecule has 0 fully saturated rings. The number of carbonyl (C=O) groups is 1. The molecule has 0 bridgehead atoms. The van der Waals surface area contributed by atoms with Crippen molar-refractivity contribution in [2.45, 2.75) is 13.8 Å². The molecule has 0 atom stereocenters. The topological polar surface area (TPSA) is 101 Å². The van der Waals surface area contributed by atoms with Gasteiger partial charge in [0, 0.05) is 13.1 Å². The molecule has 116 valence electrons. The summed E-state index contributed by atoms with van der Waals surface area (Å²) in [4.78, 5) is 13.2. The molecule has 0 aromatic carbocycles. The largest absolute Gasteiger partial charge is 0.350 e. The average molecular weight is 329 g/mol. The van der Waals surface area contributed by atoms with Gasteiger partial charge in [-0.3, -0.25) is 4.79 Å². The SMILES string of the molecule is CCNS(=O)(=O)CCNC(=O)c1cc(C)c(C#CCN)s1. The van der Waals surface area contributed by atoms with Gasteiger partial charge in [-0.25, -0.2) is 13.1 Å². The highest BCUT2D eigenvalue weighted by molar-refractivity contribution is 7.89. The monoisotopic (exact) mass is 329 g/mol. The van der Waals surface area contributed by atoms with Crippen LogP contribution in [0.25, 0.3) is 0 Å². The Labute approximate surface area is 129 Å². The number of thiophene rings is 1. The molecule has 0 saturated carbocycles. The molecule has 4 N–H and O–H groups in total. The summed E-state index contributed by atoms with van der Waals surface area (Å²) in [6.45, 7) is 4.23. The van der Waals surface area contributed by atoms with Gasteiger partial charge in [0.15, 0.2) is 0 Å². The lowest BCUT2D eigenvalue weighted by atomic mass is 10.2. The van der Waals surface area contributed by atoms with Crippen molar-refractivity contribution in [1.82, 2.24) is 10.0 Å². The predicted octanol–water partition coefficient (Wildman–Crippen LogP) is 0.0358. The fraction of sp³-hybridized carbons (Fsp3) is 0.462. The maximum Gasteiger partial charge on any atom is 0.261 e. The number of rotatable bonds is 6. The molecule has 1 amide bonds. The van der Waals surface area contributed by atoms with E-state index < -0.39 is 10.0 Å². The van der Waals surface area contributed by atoms with Crippen LogP contribution in [0.2, 0.25) is 0 Å². The fourth-order valence-electron chi connectivity index (χ4n) is 1.53. The van der Waals surface area contributed by atoms with Crippen molar-refractivity contribution in [2.24, 2.45) is 5.73 Å². The third-order valence-electron chi connectivity index (χ3n) is 2.47. The summed E-state index contributed by atoms with van der Waals surface area (Å²) in [7, 11) is -3.32. The van der Waals surface area contributed by atoms with Gasteiger partial charge < -0.3 is 11.1 Å². The molecule has 0 aliphatic rings. The smallest absolute Gasteiger partial charge is 0.261 e. The predicted molar refractivity (Wildman–Crippen MR) is 84.8 cm³/mol. The molecule has 1 aromatic heterocycles. The van der Waals surface area contributed by atoms with E-state index in [1.807, 2.05) is 6.92 Å². The zero-order valence-corrected chi connectivity index (χ0v) is 13.7. The van der Waals surface area contributed by atoms with Gasteiger partial charge in [-0.2, -0.15) is 0 Å². The molecule has 0 saturated heterocycles. The van der Waals surface area contributed by atoms with Crippen molar-refractivity contribution >= 4 is 27.3 Å². The first-order chi connectivity index (χ1) is 9.89. The van der Waals surface area contributed by atoms with E-state index in [0.29, 0.717) is 11.4 Å². The lowest BCUT2D eigenvalue weighted by Gasteiger charge is -2.05. The Morgan fingerprint density at radius 3 is 2.81 bits per heavy atom. The highest BCUT2D eigenvalue weighted by Crippen LogP contribution is 2.20. The van der Waals surface area contributed by atoms with Gasteiger partial charge in [0.2, 0.25) is 10.0 Å². The Balaban J connectivity index is 2.61. The summed E-state index contributed by atoms with van der Waals surface area (Å²) in [6, 6.07) is 1.74. The Morgan fingerprint density at radius 2 is 2.19 bits per heavy atom. The second-order valence-corrected chi connectivity index (χ2v) is 7.18. The van der Waals surface area contributed by atoms with Crippen LogP contribution in [-0.4, -0.2) is 39.7 Å². The Kier molecular flexibility index (Phi) is 6.84. The lowest BCUT2D eigenvalue weighted by molar-refractivity contribution is 0.0960. The van der Waals surface area contributed by atoms with Gasteiger partial charge in [0.1, 0.15) is 0 Å². The van der Waals surface area contributed by atoms with Gasteiger partial charge in [-0.1, -0.05) is 18.8 Å². The maximum absolute atomic E-state index is 11.9. The normalized spacial score (nSPS) is 10.8. The summed E-state index contributed by atoms with van der Waals surface area (Å²) < 4.78 is 25.2. The van der Waals surface area contributed by atoms with Crippen LogP contribution in [0.5, 0.6) is 0 Å². The number of amides is 1. The van der Waals surface area contributed by atoms with Gasteiger partial charge in [-0.05, 0) is 18.6 Å². The molecule has 0 aliphatic heterocycles. The van der Waals surface area contributed by atoms with Crippen molar-refractivity contribution in [3.8, 4) is 11.8 Å². The summed E-state index contributed by atoms with van der Waals surface area (Å²) in [5, 5.41) is 2.59. The van der Waals surface area contributed by atoms with E-state index in [-0.39, 0.29) is 24.7 Å². The summed E-state index contributed by atoms with van der Waals surface area (Å²) in [5.41, 5.74) is 6.22. The van der Waals surface area contributed by atoms with Crippen molar-refractivity contribution in [3.05, 3.63) is 21.4 Å². The molecule has 21 heavy (non-hydrogen) atoms. The van der Waals surface area contributed by atoms with Crippen LogP contribution in [0.3, 0.4) is 0 Å². The molecular weight excluding hydrogens is 310 g/mol. The third-order valence-corrected chi connectivity index (χ3v) is 5.09. The molecule has 0 spiro atoms. The van der Waals surface area contributed by atoms with Crippen molar-refractivity contribution < 1.29 is 13.2 Å². The number of sulfonamides is 1. The Bertz CT molecular complexity index is 654. The first-order valence-corrected chi connectivity index (χ1v) is 8.91. The van der Waals surface area contributed by atoms with Gasteiger partial charge in [0.05, 0.1) is 22.1 Å². The number of aryl methyl sites for hydroxylation is 1. The number of carbonyl (C=O) groups excluding carboxylic acids is 1. The first-order valence-electron chi connectivity index (χ1n) is 6.44. The number of hydrogen-bond acceptors (Lipinski definition) is 5. The van der Waals surface area contributed by atoms with Crippen LogP contribution in [0, 0.1) is 18.8 Å². The van der Waals surface area contributed by atoms with Crippen LogP contribution in [0.1, 0.15) is 27.0 Å². The quantitative estimate of drug-likeness (QED) is 0.641. The third kappa shape index (κ3) is 5.85. The van der Waals surface area contributed by atoms with Crippen LogP contribution in [0.4, 0.5) is 0 Å². The van der Waals surface area contributed by atoms with E-state index in [4.69, 9.17) is 5.73 Å². The van der Waals surface area contributed by atoms with Gasteiger partial charge in [0.25, 0.3) is 5.91 Å². The van der Waals surface area contributed by atoms with E-state index >= 15 is 0 Å². The van der Waals surface area contributed by atoms with E-state index in [1.54, 1.807) is 13.0 Å². The second-order valence-electron chi connectivity index (χ2n) is 4.20. The van der Waals surface area contributed by atoms with Crippen molar-refractivity contribution in [1.29, 1.82) is 0 Å². The van der Waals surface area contributed by atoms with Gasteiger partial charge >= 0.3 is 0 Å². The van der Waals surface area contributed by atoms with E-state index in [0.717, 1.165) is 10.4 Å². The molecule has 1 heterocycles. The van der Waals surface area contributed by atoms with Crippen molar-refractivity contribution in [3.63, 3.8) is 0 Å². The highest BCUT2D eigenvalue weighted by atomic mass is 32.2. The van der Waals surface area contributed by atoms with E-state index in [1.165, 1.54) is 11.3 Å². The van der Waals surface area contributed by atoms with Crippen LogP contribution in [-0.2, 0) is 10.0 Å². The molecule has 0 aliphatic carbocycles. The van der Waals surface area contributed by atoms with Gasteiger partial charge in [-0.15, -0.1) is 11.3 Å². The van der Waals surface area contributed by atoms with E-state index in [9.17, 15) is 13.2 Å². The Hall–Kier alpha value is -1.40. The minimum absolute atomic E-state index is 0.0644. The second kappa shape index (κ2) is 8.14. The summed E-state index contributed by atoms with van der Waals surface area (Å²) >= 11 is 1.27. The minimum atomic E-state index is -3.32. The molecule has 0 radical (unpaired) electrons. The highest BCUT2D eigenvalue weighted by Gasteiger charge is 2.13. The number of nitrogens with one attached hydrogen (secondary N) is 2.